The molecule has 2 heterocycles. The van der Waals surface area contributed by atoms with Crippen molar-refractivity contribution in [3.63, 3.8) is 0 Å². The van der Waals surface area contributed by atoms with Crippen LogP contribution in [-0.4, -0.2) is 72.6 Å². The fraction of sp³-hybridized carbons (Fsp3) is 0.550. The number of piperazine rings is 1. The van der Waals surface area contributed by atoms with Gasteiger partial charge in [0.2, 0.25) is 5.91 Å². The monoisotopic (exact) mass is 389 g/mol. The Bertz CT molecular complexity index is 765. The number of methoxy groups -OCH3 is 1. The number of rotatable bonds is 3. The molecule has 0 spiro atoms. The molecule has 1 aromatic rings. The highest BCUT2D eigenvalue weighted by Crippen LogP contribution is 2.33. The zero-order valence-electron chi connectivity index (χ0n) is 16.8. The molecule has 0 unspecified atom stereocenters. The number of para-hydroxylation sites is 2. The topological polar surface area (TPSA) is 79.4 Å². The molecule has 0 radical (unpaired) electrons. The summed E-state index contributed by atoms with van der Waals surface area (Å²) in [5.41, 5.74) is -0.0769. The molecule has 0 N–H and O–H groups in total. The highest BCUT2D eigenvalue weighted by molar-refractivity contribution is 6.23. The number of carbonyl (C=O) groups is 3. The van der Waals surface area contributed by atoms with Crippen LogP contribution in [0, 0.1) is 0 Å². The standard InChI is InChI=1S/C20H27N3O5/c1-20(2,3)28-19(26)22-11-9-21(10-12-22)15-13-17(24)23(18(15)25)14-7-5-6-8-16(14)27-4/h5-8,15H,9-13H2,1-4H3/t15-/m0/s1. The molecule has 0 bridgehead atoms. The van der Waals surface area contributed by atoms with Gasteiger partial charge in [0.15, 0.2) is 0 Å². The highest BCUT2D eigenvalue weighted by Gasteiger charge is 2.44. The maximum atomic E-state index is 13.0. The molecule has 2 aliphatic rings. The normalized spacial score (nSPS) is 21.2. The minimum atomic E-state index is -0.544. The van der Waals surface area contributed by atoms with E-state index in [1.165, 1.54) is 12.0 Å². The molecular formula is C20H27N3O5. The maximum Gasteiger partial charge on any atom is 0.410 e. The van der Waals surface area contributed by atoms with E-state index >= 15 is 0 Å². The van der Waals surface area contributed by atoms with Crippen LogP contribution in [0.4, 0.5) is 10.5 Å². The third-order valence-corrected chi connectivity index (χ3v) is 4.86. The number of ether oxygens (including phenoxy) is 2. The predicted molar refractivity (Wildman–Crippen MR) is 103 cm³/mol. The molecule has 3 rings (SSSR count). The maximum absolute atomic E-state index is 13.0. The molecule has 2 saturated heterocycles. The molecule has 0 aliphatic carbocycles. The molecule has 152 valence electrons. The Balaban J connectivity index is 1.66. The summed E-state index contributed by atoms with van der Waals surface area (Å²) in [6.45, 7) is 7.44. The SMILES string of the molecule is COc1ccccc1N1C(=O)C[C@H](N2CCN(C(=O)OC(C)(C)C)CC2)C1=O. The van der Waals surface area contributed by atoms with Gasteiger partial charge in [-0.25, -0.2) is 9.69 Å². The zero-order chi connectivity index (χ0) is 20.5. The lowest BCUT2D eigenvalue weighted by atomic mass is 10.1. The van der Waals surface area contributed by atoms with Crippen molar-refractivity contribution in [1.82, 2.24) is 9.80 Å². The van der Waals surface area contributed by atoms with Crippen LogP contribution >= 0.6 is 0 Å². The molecule has 1 aromatic carbocycles. The minimum Gasteiger partial charge on any atom is -0.495 e. The van der Waals surface area contributed by atoms with Crippen LogP contribution in [0.3, 0.4) is 0 Å². The third-order valence-electron chi connectivity index (χ3n) is 4.86. The van der Waals surface area contributed by atoms with Gasteiger partial charge in [0.05, 0.1) is 25.3 Å². The van der Waals surface area contributed by atoms with Gasteiger partial charge in [-0.2, -0.15) is 0 Å². The number of nitrogens with zero attached hydrogens (tertiary/aromatic N) is 3. The molecule has 8 nitrogen and oxygen atoms in total. The largest absolute Gasteiger partial charge is 0.495 e. The van der Waals surface area contributed by atoms with Crippen molar-refractivity contribution in [1.29, 1.82) is 0 Å². The number of anilines is 1. The van der Waals surface area contributed by atoms with Crippen LogP contribution in [0.1, 0.15) is 27.2 Å². The van der Waals surface area contributed by atoms with Gasteiger partial charge in [-0.3, -0.25) is 14.5 Å². The smallest absolute Gasteiger partial charge is 0.410 e. The minimum absolute atomic E-state index is 0.128. The Morgan fingerprint density at radius 1 is 1.07 bits per heavy atom. The van der Waals surface area contributed by atoms with Crippen molar-refractivity contribution in [2.45, 2.75) is 38.8 Å². The lowest BCUT2D eigenvalue weighted by molar-refractivity contribution is -0.123. The Kier molecular flexibility index (Phi) is 5.60. The molecule has 2 fully saturated rings. The summed E-state index contributed by atoms with van der Waals surface area (Å²) in [5.74, 6) is -0.00566. The van der Waals surface area contributed by atoms with Gasteiger partial charge in [0, 0.05) is 26.2 Å². The number of amides is 3. The molecule has 0 saturated carbocycles. The van der Waals surface area contributed by atoms with Crippen LogP contribution in [0.15, 0.2) is 24.3 Å². The molecule has 0 aromatic heterocycles. The van der Waals surface area contributed by atoms with Gasteiger partial charge in [0.1, 0.15) is 11.4 Å². The lowest BCUT2D eigenvalue weighted by Gasteiger charge is -2.37. The molecule has 28 heavy (non-hydrogen) atoms. The van der Waals surface area contributed by atoms with E-state index in [-0.39, 0.29) is 24.3 Å². The second-order valence-corrected chi connectivity index (χ2v) is 7.96. The number of hydrogen-bond donors (Lipinski definition) is 0. The van der Waals surface area contributed by atoms with E-state index in [1.807, 2.05) is 25.7 Å². The first kappa shape index (κ1) is 20.1. The summed E-state index contributed by atoms with van der Waals surface area (Å²) in [7, 11) is 1.51. The molecular weight excluding hydrogens is 362 g/mol. The van der Waals surface area contributed by atoms with Crippen molar-refractivity contribution < 1.29 is 23.9 Å². The van der Waals surface area contributed by atoms with Gasteiger partial charge in [-0.05, 0) is 32.9 Å². The lowest BCUT2D eigenvalue weighted by Crippen LogP contribution is -2.54. The van der Waals surface area contributed by atoms with Gasteiger partial charge in [-0.1, -0.05) is 12.1 Å². The summed E-state index contributed by atoms with van der Waals surface area (Å²) in [5, 5.41) is 0. The molecule has 1 atom stereocenters. The fourth-order valence-corrected chi connectivity index (χ4v) is 3.51. The summed E-state index contributed by atoms with van der Waals surface area (Å²) < 4.78 is 10.7. The quantitative estimate of drug-likeness (QED) is 0.735. The summed E-state index contributed by atoms with van der Waals surface area (Å²) in [6, 6.07) is 6.48. The second kappa shape index (κ2) is 7.79. The van der Waals surface area contributed by atoms with E-state index in [2.05, 4.69) is 0 Å². The Hall–Kier alpha value is -2.61. The Morgan fingerprint density at radius 2 is 1.71 bits per heavy atom. The van der Waals surface area contributed by atoms with Crippen LogP contribution < -0.4 is 9.64 Å². The number of hydrogen-bond acceptors (Lipinski definition) is 6. The van der Waals surface area contributed by atoms with E-state index in [0.717, 1.165) is 0 Å². The summed E-state index contributed by atoms with van der Waals surface area (Å²) in [4.78, 5) is 42.6. The van der Waals surface area contributed by atoms with Crippen molar-refractivity contribution in [3.8, 4) is 5.75 Å². The van der Waals surface area contributed by atoms with Crippen LogP contribution in [0.25, 0.3) is 0 Å². The van der Waals surface area contributed by atoms with Gasteiger partial charge in [-0.15, -0.1) is 0 Å². The van der Waals surface area contributed by atoms with E-state index in [1.54, 1.807) is 29.2 Å². The van der Waals surface area contributed by atoms with E-state index < -0.39 is 11.6 Å². The molecule has 2 aliphatic heterocycles. The fourth-order valence-electron chi connectivity index (χ4n) is 3.51. The van der Waals surface area contributed by atoms with Crippen molar-refractivity contribution in [2.24, 2.45) is 0 Å². The Morgan fingerprint density at radius 3 is 2.32 bits per heavy atom. The van der Waals surface area contributed by atoms with E-state index in [0.29, 0.717) is 37.6 Å². The Labute approximate surface area is 165 Å². The predicted octanol–water partition coefficient (Wildman–Crippen LogP) is 1.88. The van der Waals surface area contributed by atoms with Crippen LogP contribution in [0.5, 0.6) is 5.75 Å². The first-order chi connectivity index (χ1) is 13.2. The number of imide groups is 1. The van der Waals surface area contributed by atoms with Crippen LogP contribution in [0.2, 0.25) is 0 Å². The molecule has 8 heteroatoms. The van der Waals surface area contributed by atoms with Gasteiger partial charge in [0.25, 0.3) is 5.91 Å². The number of carbonyl (C=O) groups excluding carboxylic acids is 3. The second-order valence-electron chi connectivity index (χ2n) is 7.96. The van der Waals surface area contributed by atoms with Crippen molar-refractivity contribution >= 4 is 23.6 Å². The highest BCUT2D eigenvalue weighted by atomic mass is 16.6. The third kappa shape index (κ3) is 4.11. The van der Waals surface area contributed by atoms with Gasteiger partial charge >= 0.3 is 6.09 Å². The summed E-state index contributed by atoms with van der Waals surface area (Å²) in [6.07, 6.45) is -0.222. The van der Waals surface area contributed by atoms with Crippen molar-refractivity contribution in [2.75, 3.05) is 38.2 Å². The molecule has 3 amide bonds. The average Bonchev–Trinajstić information content (AvgIpc) is 2.94. The average molecular weight is 389 g/mol. The first-order valence-electron chi connectivity index (χ1n) is 9.43. The first-order valence-corrected chi connectivity index (χ1v) is 9.43. The summed E-state index contributed by atoms with van der Waals surface area (Å²) >= 11 is 0. The zero-order valence-corrected chi connectivity index (χ0v) is 16.8. The van der Waals surface area contributed by atoms with Gasteiger partial charge < -0.3 is 14.4 Å². The van der Waals surface area contributed by atoms with Crippen molar-refractivity contribution in [3.05, 3.63) is 24.3 Å². The number of benzene rings is 1. The van der Waals surface area contributed by atoms with E-state index in [4.69, 9.17) is 9.47 Å². The van der Waals surface area contributed by atoms with E-state index in [9.17, 15) is 14.4 Å². The van der Waals surface area contributed by atoms with Crippen LogP contribution in [-0.2, 0) is 14.3 Å².